The molecule has 0 amide bonds. The average molecular weight is 837 g/mol. The van der Waals surface area contributed by atoms with E-state index < -0.39 is 0 Å². The van der Waals surface area contributed by atoms with Crippen molar-refractivity contribution in [3.8, 4) is 0 Å². The summed E-state index contributed by atoms with van der Waals surface area (Å²) >= 11 is 0. The number of fused-ring (bicyclic) bond motifs is 2. The van der Waals surface area contributed by atoms with Crippen molar-refractivity contribution < 1.29 is 4.39 Å². The molecule has 342 valence electrons. The van der Waals surface area contributed by atoms with Crippen LogP contribution in [-0.2, 0) is 5.41 Å². The first-order valence-electron chi connectivity index (χ1n) is 26.8. The summed E-state index contributed by atoms with van der Waals surface area (Å²) in [4.78, 5) is 11.2. The summed E-state index contributed by atoms with van der Waals surface area (Å²) in [7, 11) is 0. The van der Waals surface area contributed by atoms with E-state index in [1.807, 2.05) is 12.3 Å². The van der Waals surface area contributed by atoms with E-state index in [-0.39, 0.29) is 16.8 Å². The van der Waals surface area contributed by atoms with Crippen LogP contribution < -0.4 is 0 Å². The van der Waals surface area contributed by atoms with E-state index in [4.69, 9.17) is 9.98 Å². The van der Waals surface area contributed by atoms with Crippen molar-refractivity contribution in [1.82, 2.24) is 4.98 Å². The third-order valence-corrected chi connectivity index (χ3v) is 14.6. The molecule has 1 aliphatic heterocycles. The fraction of sp³-hybridized carbons (Fsp3) is 0.724. The van der Waals surface area contributed by atoms with E-state index in [2.05, 4.69) is 64.1 Å². The van der Waals surface area contributed by atoms with Crippen molar-refractivity contribution in [1.29, 1.82) is 0 Å². The first-order chi connectivity index (χ1) is 30.1. The smallest absolute Gasteiger partial charge is 0.127 e. The minimum atomic E-state index is -0.337. The molecule has 3 aromatic rings. The zero-order valence-electron chi connectivity index (χ0n) is 40.4. The Balaban J connectivity index is 1.78. The predicted molar refractivity (Wildman–Crippen MR) is 267 cm³/mol. The molecule has 0 saturated carbocycles. The number of para-hydroxylation sites is 1. The van der Waals surface area contributed by atoms with Gasteiger partial charge in [0.1, 0.15) is 5.82 Å². The van der Waals surface area contributed by atoms with Crippen molar-refractivity contribution in [3.05, 3.63) is 77.2 Å². The molecule has 0 unspecified atom stereocenters. The Morgan fingerprint density at radius 3 is 1.31 bits per heavy atom. The van der Waals surface area contributed by atoms with Crippen molar-refractivity contribution >= 4 is 16.6 Å². The number of aliphatic imine (C=N–C) groups is 1. The molecule has 2 heterocycles. The molecule has 1 aliphatic rings. The largest absolute Gasteiger partial charge is 0.276 e. The molecule has 0 radical (unpaired) electrons. The summed E-state index contributed by atoms with van der Waals surface area (Å²) in [5.74, 6) is 0.00834. The molecule has 2 aromatic carbocycles. The zero-order chi connectivity index (χ0) is 43.3. The second kappa shape index (κ2) is 30.5. The van der Waals surface area contributed by atoms with Crippen LogP contribution in [0.4, 0.5) is 4.39 Å². The maximum Gasteiger partial charge on any atom is 0.127 e. The third-order valence-electron chi connectivity index (χ3n) is 14.6. The van der Waals surface area contributed by atoms with Gasteiger partial charge >= 0.3 is 0 Å². The van der Waals surface area contributed by atoms with Crippen LogP contribution in [0.3, 0.4) is 0 Å². The Labute approximate surface area is 376 Å². The quantitative estimate of drug-likeness (QED) is 0.0531. The van der Waals surface area contributed by atoms with E-state index in [1.165, 1.54) is 193 Å². The Bertz CT molecular complexity index is 1570. The summed E-state index contributed by atoms with van der Waals surface area (Å²) in [5, 5.41) is 1.13. The molecule has 0 saturated heterocycles. The van der Waals surface area contributed by atoms with Gasteiger partial charge in [-0.05, 0) is 43.9 Å². The second-order valence-corrected chi connectivity index (χ2v) is 19.6. The second-order valence-electron chi connectivity index (χ2n) is 19.6. The van der Waals surface area contributed by atoms with Crippen LogP contribution in [0.15, 0.2) is 59.7 Å². The number of halogens is 1. The van der Waals surface area contributed by atoms with E-state index in [0.717, 1.165) is 71.8 Å². The van der Waals surface area contributed by atoms with Gasteiger partial charge < -0.3 is 0 Å². The number of hydrogen-bond acceptors (Lipinski definition) is 2. The zero-order valence-corrected chi connectivity index (χ0v) is 40.4. The topological polar surface area (TPSA) is 25.2 Å². The fourth-order valence-electron chi connectivity index (χ4n) is 11.0. The number of rotatable bonds is 37. The Morgan fingerprint density at radius 2 is 0.852 bits per heavy atom. The van der Waals surface area contributed by atoms with E-state index in [0.29, 0.717) is 0 Å². The van der Waals surface area contributed by atoms with Crippen LogP contribution in [0.2, 0.25) is 0 Å². The monoisotopic (exact) mass is 837 g/mol. The molecule has 2 nitrogen and oxygen atoms in total. The van der Waals surface area contributed by atoms with Crippen LogP contribution in [0.5, 0.6) is 0 Å². The summed E-state index contributed by atoms with van der Waals surface area (Å²) in [6, 6.07) is 16.7. The molecule has 0 fully saturated rings. The SMILES string of the molecule is CCCCCCCCCCC1(CCCCCCCCCC)N=C(c2cnc3ccccc3c2)c2cccc(F)c2C1(CCCCCCCCCC)CCCCCCCCCC. The fourth-order valence-corrected chi connectivity index (χ4v) is 11.0. The minimum absolute atomic E-state index is 0.00834. The lowest BCUT2D eigenvalue weighted by Crippen LogP contribution is -2.55. The number of aromatic nitrogens is 1. The molecule has 61 heavy (non-hydrogen) atoms. The number of nitrogens with zero attached hydrogens (tertiary/aromatic N) is 2. The molecule has 0 bridgehead atoms. The molecule has 3 heteroatoms. The molecule has 1 aromatic heterocycles. The summed E-state index contributed by atoms with van der Waals surface area (Å²) in [6.45, 7) is 9.25. The van der Waals surface area contributed by atoms with Gasteiger partial charge in [0.25, 0.3) is 0 Å². The summed E-state index contributed by atoms with van der Waals surface area (Å²) in [6.07, 6.45) is 47.9. The van der Waals surface area contributed by atoms with Gasteiger partial charge in [0, 0.05) is 33.7 Å². The standard InChI is InChI=1S/C58H93FN2/c1-5-9-13-17-21-25-29-35-44-57(45-36-30-26-22-18-14-10-6-2)55-52(41-39-42-53(55)59)56(51-48-50-40-33-34-43-54(50)60-49-51)61-58(57,46-37-31-27-23-19-15-11-7-3)47-38-32-28-24-20-16-12-8-4/h33-34,39-43,48-49H,5-32,35-38,44-47H2,1-4H3. The molecular formula is C58H93FN2. The van der Waals surface area contributed by atoms with Crippen molar-refractivity contribution in [2.75, 3.05) is 0 Å². The van der Waals surface area contributed by atoms with Gasteiger partial charge in [-0.3, -0.25) is 9.98 Å². The normalized spacial score (nSPS) is 14.4. The highest BCUT2D eigenvalue weighted by Crippen LogP contribution is 2.56. The Morgan fingerprint density at radius 1 is 0.443 bits per heavy atom. The lowest BCUT2D eigenvalue weighted by Gasteiger charge is -2.54. The first-order valence-corrected chi connectivity index (χ1v) is 26.8. The van der Waals surface area contributed by atoms with Gasteiger partial charge in [0.2, 0.25) is 0 Å². The number of unbranched alkanes of at least 4 members (excludes halogenated alkanes) is 28. The van der Waals surface area contributed by atoms with Crippen LogP contribution in [0, 0.1) is 5.82 Å². The lowest BCUT2D eigenvalue weighted by molar-refractivity contribution is 0.137. The molecule has 4 rings (SSSR count). The lowest BCUT2D eigenvalue weighted by atomic mass is 9.54. The van der Waals surface area contributed by atoms with Gasteiger partial charge in [-0.2, -0.15) is 0 Å². The van der Waals surface area contributed by atoms with Crippen LogP contribution in [0.1, 0.15) is 276 Å². The summed E-state index contributed by atoms with van der Waals surface area (Å²) < 4.78 is 17.5. The first kappa shape index (κ1) is 51.1. The molecular weight excluding hydrogens is 744 g/mol. The maximum atomic E-state index is 17.5. The van der Waals surface area contributed by atoms with E-state index in [1.54, 1.807) is 6.07 Å². The van der Waals surface area contributed by atoms with E-state index >= 15 is 4.39 Å². The summed E-state index contributed by atoms with van der Waals surface area (Å²) in [5.41, 5.74) is 4.45. The van der Waals surface area contributed by atoms with Gasteiger partial charge in [-0.25, -0.2) is 4.39 Å². The highest BCUT2D eigenvalue weighted by Gasteiger charge is 2.55. The van der Waals surface area contributed by atoms with Crippen LogP contribution >= 0.6 is 0 Å². The Hall–Kier alpha value is -2.55. The van der Waals surface area contributed by atoms with Crippen molar-refractivity contribution in [2.45, 2.75) is 270 Å². The highest BCUT2D eigenvalue weighted by molar-refractivity contribution is 6.16. The van der Waals surface area contributed by atoms with Gasteiger partial charge in [0.05, 0.1) is 16.8 Å². The third kappa shape index (κ3) is 16.5. The predicted octanol–water partition coefficient (Wildman–Crippen LogP) is 19.3. The van der Waals surface area contributed by atoms with Crippen LogP contribution in [-0.4, -0.2) is 16.2 Å². The number of hydrogen-bond donors (Lipinski definition) is 0. The molecule has 0 N–H and O–H groups in total. The van der Waals surface area contributed by atoms with Crippen molar-refractivity contribution in [2.24, 2.45) is 4.99 Å². The van der Waals surface area contributed by atoms with Gasteiger partial charge in [-0.1, -0.05) is 263 Å². The minimum Gasteiger partial charge on any atom is -0.276 e. The maximum absolute atomic E-state index is 17.5. The number of pyridine rings is 1. The van der Waals surface area contributed by atoms with E-state index in [9.17, 15) is 0 Å². The van der Waals surface area contributed by atoms with Crippen LogP contribution in [0.25, 0.3) is 10.9 Å². The average Bonchev–Trinajstić information content (AvgIpc) is 3.28. The number of benzene rings is 2. The highest BCUT2D eigenvalue weighted by atomic mass is 19.1. The van der Waals surface area contributed by atoms with Gasteiger partial charge in [-0.15, -0.1) is 0 Å². The molecule has 0 aliphatic carbocycles. The Kier molecular flexibility index (Phi) is 25.6. The molecule has 0 spiro atoms. The van der Waals surface area contributed by atoms with Gasteiger partial charge in [0.15, 0.2) is 0 Å². The molecule has 0 atom stereocenters. The van der Waals surface area contributed by atoms with Crippen molar-refractivity contribution in [3.63, 3.8) is 0 Å².